The molecule has 4 heterocycles. The molecule has 5 rings (SSSR count). The van der Waals surface area contributed by atoms with E-state index in [-0.39, 0.29) is 22.4 Å². The van der Waals surface area contributed by atoms with E-state index in [0.717, 1.165) is 30.6 Å². The standard InChI is InChI=1S/C23H23N3O4/c1-14-8-16(11-24-21(14)28)15-2-3-19-17(9-15)18(10-20(27)25-19)22(29)26-6-4-23(12-26)5-7-30-13-23/h2-3,8-11H,4-7,12-13H2,1H3,(H,24,28)(H,25,27). The van der Waals surface area contributed by atoms with Crippen molar-refractivity contribution in [3.05, 3.63) is 68.4 Å². The number of rotatable bonds is 2. The summed E-state index contributed by atoms with van der Waals surface area (Å²) in [5, 5.41) is 0.699. The molecular weight excluding hydrogens is 382 g/mol. The van der Waals surface area contributed by atoms with Crippen LogP contribution in [-0.2, 0) is 4.74 Å². The smallest absolute Gasteiger partial charge is 0.254 e. The van der Waals surface area contributed by atoms with Crippen molar-refractivity contribution in [2.45, 2.75) is 19.8 Å². The molecule has 0 aliphatic carbocycles. The number of carbonyl (C=O) groups is 1. The Morgan fingerprint density at radius 2 is 2.00 bits per heavy atom. The van der Waals surface area contributed by atoms with Crippen molar-refractivity contribution in [1.82, 2.24) is 14.9 Å². The maximum absolute atomic E-state index is 13.4. The molecule has 154 valence electrons. The maximum atomic E-state index is 13.4. The van der Waals surface area contributed by atoms with Crippen LogP contribution in [0.2, 0.25) is 0 Å². The number of aryl methyl sites for hydroxylation is 1. The molecule has 2 aliphatic rings. The highest BCUT2D eigenvalue weighted by molar-refractivity contribution is 6.07. The first-order chi connectivity index (χ1) is 14.4. The van der Waals surface area contributed by atoms with Crippen molar-refractivity contribution >= 4 is 16.8 Å². The van der Waals surface area contributed by atoms with Crippen LogP contribution in [0.25, 0.3) is 22.0 Å². The van der Waals surface area contributed by atoms with Gasteiger partial charge in [0.1, 0.15) is 0 Å². The summed E-state index contributed by atoms with van der Waals surface area (Å²) in [7, 11) is 0. The zero-order valence-electron chi connectivity index (χ0n) is 16.8. The number of fused-ring (bicyclic) bond motifs is 1. The van der Waals surface area contributed by atoms with E-state index in [1.807, 2.05) is 23.1 Å². The fraction of sp³-hybridized carbons (Fsp3) is 0.348. The van der Waals surface area contributed by atoms with E-state index in [1.165, 1.54) is 6.07 Å². The lowest BCUT2D eigenvalue weighted by Gasteiger charge is -2.22. The van der Waals surface area contributed by atoms with Crippen LogP contribution in [0.15, 0.2) is 46.1 Å². The zero-order chi connectivity index (χ0) is 20.9. The van der Waals surface area contributed by atoms with E-state index < -0.39 is 0 Å². The van der Waals surface area contributed by atoms with Gasteiger partial charge in [-0.25, -0.2) is 0 Å². The molecule has 2 fully saturated rings. The second-order valence-corrected chi connectivity index (χ2v) is 8.49. The summed E-state index contributed by atoms with van der Waals surface area (Å²) < 4.78 is 5.57. The van der Waals surface area contributed by atoms with Crippen molar-refractivity contribution in [3.8, 4) is 11.1 Å². The topological polar surface area (TPSA) is 95.3 Å². The van der Waals surface area contributed by atoms with E-state index in [9.17, 15) is 14.4 Å². The maximum Gasteiger partial charge on any atom is 0.254 e. The molecule has 7 heteroatoms. The molecule has 1 unspecified atom stereocenters. The number of pyridine rings is 2. The summed E-state index contributed by atoms with van der Waals surface area (Å²) in [6.07, 6.45) is 3.57. The number of nitrogens with zero attached hydrogens (tertiary/aromatic N) is 1. The zero-order valence-corrected chi connectivity index (χ0v) is 16.8. The minimum absolute atomic E-state index is 0.0608. The Labute approximate surface area is 172 Å². The minimum Gasteiger partial charge on any atom is -0.381 e. The second kappa shape index (κ2) is 6.95. The Morgan fingerprint density at radius 1 is 1.13 bits per heavy atom. The third kappa shape index (κ3) is 3.15. The van der Waals surface area contributed by atoms with Gasteiger partial charge in [0.15, 0.2) is 0 Å². The normalized spacial score (nSPS) is 21.0. The molecule has 1 amide bonds. The van der Waals surface area contributed by atoms with Crippen LogP contribution in [0.4, 0.5) is 0 Å². The molecule has 2 aliphatic heterocycles. The lowest BCUT2D eigenvalue weighted by molar-refractivity contribution is 0.0767. The summed E-state index contributed by atoms with van der Waals surface area (Å²) in [5.74, 6) is -0.121. The number of aromatic amines is 2. The third-order valence-corrected chi connectivity index (χ3v) is 6.41. The third-order valence-electron chi connectivity index (χ3n) is 6.41. The van der Waals surface area contributed by atoms with Crippen LogP contribution in [0, 0.1) is 12.3 Å². The first kappa shape index (κ1) is 18.8. The number of H-pyrrole nitrogens is 2. The highest BCUT2D eigenvalue weighted by Gasteiger charge is 2.43. The fourth-order valence-electron chi connectivity index (χ4n) is 4.62. The van der Waals surface area contributed by atoms with Gasteiger partial charge in [-0.15, -0.1) is 0 Å². The monoisotopic (exact) mass is 405 g/mol. The fourth-order valence-corrected chi connectivity index (χ4v) is 4.62. The van der Waals surface area contributed by atoms with Crippen LogP contribution in [0.3, 0.4) is 0 Å². The van der Waals surface area contributed by atoms with Crippen LogP contribution in [0.5, 0.6) is 0 Å². The van der Waals surface area contributed by atoms with Gasteiger partial charge in [-0.1, -0.05) is 6.07 Å². The predicted molar refractivity (Wildman–Crippen MR) is 114 cm³/mol. The van der Waals surface area contributed by atoms with Gasteiger partial charge in [-0.05, 0) is 49.1 Å². The van der Waals surface area contributed by atoms with Crippen LogP contribution in [0.1, 0.15) is 28.8 Å². The first-order valence-corrected chi connectivity index (χ1v) is 10.2. The second-order valence-electron chi connectivity index (χ2n) is 8.49. The molecule has 1 spiro atoms. The average Bonchev–Trinajstić information content (AvgIpc) is 3.38. The first-order valence-electron chi connectivity index (χ1n) is 10.2. The summed E-state index contributed by atoms with van der Waals surface area (Å²) in [5.41, 5.74) is 3.00. The van der Waals surface area contributed by atoms with E-state index in [1.54, 1.807) is 19.2 Å². The Hall–Kier alpha value is -3.19. The molecule has 0 radical (unpaired) electrons. The molecule has 1 atom stereocenters. The lowest BCUT2D eigenvalue weighted by atomic mass is 9.87. The van der Waals surface area contributed by atoms with Crippen molar-refractivity contribution < 1.29 is 9.53 Å². The van der Waals surface area contributed by atoms with Gasteiger partial charge in [-0.2, -0.15) is 0 Å². The largest absolute Gasteiger partial charge is 0.381 e. The molecule has 1 aromatic carbocycles. The number of carbonyl (C=O) groups excluding carboxylic acids is 1. The van der Waals surface area contributed by atoms with Crippen LogP contribution >= 0.6 is 0 Å². The van der Waals surface area contributed by atoms with Gasteiger partial charge >= 0.3 is 0 Å². The minimum atomic E-state index is -0.295. The van der Waals surface area contributed by atoms with E-state index >= 15 is 0 Å². The summed E-state index contributed by atoms with van der Waals surface area (Å²) >= 11 is 0. The molecule has 0 saturated carbocycles. The lowest BCUT2D eigenvalue weighted by Crippen LogP contribution is -2.33. The number of amides is 1. The molecule has 2 aromatic heterocycles. The van der Waals surface area contributed by atoms with Gasteiger partial charge in [0.25, 0.3) is 11.5 Å². The number of aromatic nitrogens is 2. The van der Waals surface area contributed by atoms with Crippen molar-refractivity contribution in [3.63, 3.8) is 0 Å². The Bertz CT molecular complexity index is 1270. The summed E-state index contributed by atoms with van der Waals surface area (Å²) in [4.78, 5) is 44.7. The Balaban J connectivity index is 1.57. The van der Waals surface area contributed by atoms with Crippen LogP contribution < -0.4 is 11.1 Å². The Morgan fingerprint density at radius 3 is 2.77 bits per heavy atom. The quantitative estimate of drug-likeness (QED) is 0.685. The molecule has 0 bridgehead atoms. The molecular formula is C23H23N3O4. The van der Waals surface area contributed by atoms with Gasteiger partial charge < -0.3 is 19.6 Å². The van der Waals surface area contributed by atoms with E-state index in [4.69, 9.17) is 4.74 Å². The van der Waals surface area contributed by atoms with Crippen molar-refractivity contribution in [2.24, 2.45) is 5.41 Å². The Kier molecular flexibility index (Phi) is 4.36. The average molecular weight is 405 g/mol. The highest BCUT2D eigenvalue weighted by Crippen LogP contribution is 2.39. The van der Waals surface area contributed by atoms with Gasteiger partial charge in [0.05, 0.1) is 12.2 Å². The number of benzene rings is 1. The van der Waals surface area contributed by atoms with Gasteiger partial charge in [0.2, 0.25) is 5.56 Å². The number of nitrogens with one attached hydrogen (secondary N) is 2. The number of ether oxygens (including phenoxy) is 1. The van der Waals surface area contributed by atoms with Gasteiger partial charge in [-0.3, -0.25) is 14.4 Å². The van der Waals surface area contributed by atoms with E-state index in [0.29, 0.717) is 41.7 Å². The summed E-state index contributed by atoms with van der Waals surface area (Å²) in [6.45, 7) is 4.54. The van der Waals surface area contributed by atoms with Crippen LogP contribution in [-0.4, -0.2) is 47.1 Å². The molecule has 2 saturated heterocycles. The van der Waals surface area contributed by atoms with Crippen molar-refractivity contribution in [2.75, 3.05) is 26.3 Å². The van der Waals surface area contributed by atoms with Crippen molar-refractivity contribution in [1.29, 1.82) is 0 Å². The SMILES string of the molecule is Cc1cc(-c2ccc3[nH]c(=O)cc(C(=O)N4CCC5(CCOC5)C4)c3c2)c[nH]c1=O. The van der Waals surface area contributed by atoms with Gasteiger partial charge in [0, 0.05) is 53.8 Å². The molecule has 3 aromatic rings. The van der Waals surface area contributed by atoms with E-state index in [2.05, 4.69) is 9.97 Å². The highest BCUT2D eigenvalue weighted by atomic mass is 16.5. The predicted octanol–water partition coefficient (Wildman–Crippen LogP) is 2.44. The summed E-state index contributed by atoms with van der Waals surface area (Å²) in [6, 6.07) is 8.79. The number of hydrogen-bond acceptors (Lipinski definition) is 4. The molecule has 7 nitrogen and oxygen atoms in total. The molecule has 30 heavy (non-hydrogen) atoms. The number of hydrogen-bond donors (Lipinski definition) is 2. The number of likely N-dealkylation sites (tertiary alicyclic amines) is 1. The molecule has 2 N–H and O–H groups in total.